The van der Waals surface area contributed by atoms with Crippen LogP contribution in [-0.4, -0.2) is 25.5 Å². The fraction of sp³-hybridized carbons (Fsp3) is 0.500. The normalized spacial score (nSPS) is 18.2. The molecule has 0 spiro atoms. The average Bonchev–Trinajstić information content (AvgIpc) is 2.53. The molecule has 21 heavy (non-hydrogen) atoms. The van der Waals surface area contributed by atoms with Crippen LogP contribution in [0.5, 0.6) is 0 Å². The fourth-order valence-corrected chi connectivity index (χ4v) is 4.01. The summed E-state index contributed by atoms with van der Waals surface area (Å²) in [7, 11) is 4.39. The van der Waals surface area contributed by atoms with Gasteiger partial charge in [-0.2, -0.15) is 0 Å². The molecule has 1 nitrogen and oxygen atoms in total. The molecule has 0 N–H and O–H groups in total. The van der Waals surface area contributed by atoms with Crippen LogP contribution in [0, 0.1) is 0 Å². The minimum absolute atomic E-state index is 0.392. The van der Waals surface area contributed by atoms with Crippen LogP contribution in [0.25, 0.3) is 10.8 Å². The van der Waals surface area contributed by atoms with E-state index in [0.717, 1.165) is 0 Å². The number of benzene rings is 2. The highest BCUT2D eigenvalue weighted by molar-refractivity contribution is 5.86. The summed E-state index contributed by atoms with van der Waals surface area (Å²) in [6, 6.07) is 15.8. The molecule has 1 aliphatic rings. The summed E-state index contributed by atoms with van der Waals surface area (Å²) in [6.07, 6.45) is 8.18. The Morgan fingerprint density at radius 2 is 1.62 bits per heavy atom. The van der Waals surface area contributed by atoms with Gasteiger partial charge in [0.1, 0.15) is 0 Å². The Labute approximate surface area is 129 Å². The molecule has 0 aromatic heterocycles. The first kappa shape index (κ1) is 14.6. The van der Waals surface area contributed by atoms with Gasteiger partial charge in [-0.25, -0.2) is 0 Å². The van der Waals surface area contributed by atoms with E-state index in [4.69, 9.17) is 0 Å². The molecule has 112 valence electrons. The molecule has 0 unspecified atom stereocenters. The second-order valence-electron chi connectivity index (χ2n) is 6.92. The molecule has 1 fully saturated rings. The first-order chi connectivity index (χ1) is 10.2. The highest BCUT2D eigenvalue weighted by Crippen LogP contribution is 2.44. The van der Waals surface area contributed by atoms with Crippen molar-refractivity contribution in [1.82, 2.24) is 4.90 Å². The van der Waals surface area contributed by atoms with Gasteiger partial charge in [-0.1, -0.05) is 61.7 Å². The zero-order valence-electron chi connectivity index (χ0n) is 13.4. The zero-order valence-corrected chi connectivity index (χ0v) is 13.4. The van der Waals surface area contributed by atoms with E-state index >= 15 is 0 Å². The lowest BCUT2D eigenvalue weighted by Gasteiger charge is -2.39. The molecule has 0 heterocycles. The molecule has 0 aliphatic heterocycles. The summed E-state index contributed by atoms with van der Waals surface area (Å²) in [5.41, 5.74) is 1.99. The Balaban J connectivity index is 2.05. The quantitative estimate of drug-likeness (QED) is 0.763. The van der Waals surface area contributed by atoms with E-state index in [1.54, 1.807) is 5.56 Å². The van der Waals surface area contributed by atoms with Crippen molar-refractivity contribution in [2.45, 2.75) is 43.9 Å². The minimum Gasteiger partial charge on any atom is -0.309 e. The molecule has 0 saturated heterocycles. The summed E-state index contributed by atoms with van der Waals surface area (Å²) >= 11 is 0. The van der Waals surface area contributed by atoms with E-state index in [-0.39, 0.29) is 0 Å². The summed E-state index contributed by atoms with van der Waals surface area (Å²) in [4.78, 5) is 2.33. The van der Waals surface area contributed by atoms with E-state index in [1.165, 1.54) is 55.8 Å². The number of hydrogen-bond donors (Lipinski definition) is 0. The summed E-state index contributed by atoms with van der Waals surface area (Å²) in [5.74, 6) is 0. The average molecular weight is 281 g/mol. The second kappa shape index (κ2) is 6.19. The largest absolute Gasteiger partial charge is 0.309 e. The maximum atomic E-state index is 2.39. The fourth-order valence-electron chi connectivity index (χ4n) is 4.01. The van der Waals surface area contributed by atoms with Crippen LogP contribution in [-0.2, 0) is 5.41 Å². The molecular formula is C20H27N. The summed E-state index contributed by atoms with van der Waals surface area (Å²) in [5, 5.41) is 2.87. The van der Waals surface area contributed by atoms with Crippen LogP contribution >= 0.6 is 0 Å². The molecule has 0 atom stereocenters. The lowest BCUT2D eigenvalue weighted by atomic mass is 9.66. The molecule has 0 amide bonds. The maximum absolute atomic E-state index is 2.39. The molecular weight excluding hydrogens is 254 g/mol. The third-order valence-corrected chi connectivity index (χ3v) is 5.21. The smallest absolute Gasteiger partial charge is 0.00163 e. The van der Waals surface area contributed by atoms with Gasteiger partial charge in [0, 0.05) is 0 Å². The third-order valence-electron chi connectivity index (χ3n) is 5.21. The predicted octanol–water partition coefficient (Wildman–Crippen LogP) is 4.99. The Morgan fingerprint density at radius 3 is 2.38 bits per heavy atom. The summed E-state index contributed by atoms with van der Waals surface area (Å²) < 4.78 is 0. The van der Waals surface area contributed by atoms with Crippen molar-refractivity contribution in [3.63, 3.8) is 0 Å². The Bertz CT molecular complexity index is 588. The molecule has 2 aromatic carbocycles. The molecule has 0 bridgehead atoms. The first-order valence-electron chi connectivity index (χ1n) is 8.34. The van der Waals surface area contributed by atoms with Gasteiger partial charge < -0.3 is 4.90 Å². The lowest BCUT2D eigenvalue weighted by Crippen LogP contribution is -2.33. The van der Waals surface area contributed by atoms with Crippen LogP contribution in [0.4, 0.5) is 0 Å². The van der Waals surface area contributed by atoms with E-state index in [1.807, 2.05) is 0 Å². The van der Waals surface area contributed by atoms with Crippen molar-refractivity contribution >= 4 is 10.8 Å². The van der Waals surface area contributed by atoms with Gasteiger partial charge >= 0.3 is 0 Å². The van der Waals surface area contributed by atoms with E-state index in [2.05, 4.69) is 61.5 Å². The van der Waals surface area contributed by atoms with Crippen LogP contribution in [0.15, 0.2) is 42.5 Å². The van der Waals surface area contributed by atoms with Crippen molar-refractivity contribution in [3.8, 4) is 0 Å². The van der Waals surface area contributed by atoms with Gasteiger partial charge in [0.05, 0.1) is 0 Å². The maximum Gasteiger partial charge on any atom is -0.00163 e. The standard InChI is InChI=1S/C20H27N/c1-21(2)16-15-20(13-6-3-7-14-20)19-12-8-10-17-9-4-5-11-18(17)19/h4-5,8-12H,3,6-7,13-16H2,1-2H3. The minimum atomic E-state index is 0.392. The third kappa shape index (κ3) is 2.98. The van der Waals surface area contributed by atoms with Crippen LogP contribution in [0.2, 0.25) is 0 Å². The highest BCUT2D eigenvalue weighted by atomic mass is 15.0. The van der Waals surface area contributed by atoms with E-state index < -0.39 is 0 Å². The van der Waals surface area contributed by atoms with E-state index in [0.29, 0.717) is 5.41 Å². The van der Waals surface area contributed by atoms with Crippen molar-refractivity contribution in [3.05, 3.63) is 48.0 Å². The Hall–Kier alpha value is -1.34. The van der Waals surface area contributed by atoms with Gasteiger partial charge in [0.15, 0.2) is 0 Å². The molecule has 1 heteroatoms. The zero-order chi connectivity index (χ0) is 14.7. The van der Waals surface area contributed by atoms with Crippen molar-refractivity contribution < 1.29 is 0 Å². The predicted molar refractivity (Wildman–Crippen MR) is 91.9 cm³/mol. The Morgan fingerprint density at radius 1 is 0.905 bits per heavy atom. The first-order valence-corrected chi connectivity index (χ1v) is 8.34. The molecule has 1 saturated carbocycles. The second-order valence-corrected chi connectivity index (χ2v) is 6.92. The number of hydrogen-bond acceptors (Lipinski definition) is 1. The van der Waals surface area contributed by atoms with Gasteiger partial charge in [0.25, 0.3) is 0 Å². The summed E-state index contributed by atoms with van der Waals surface area (Å²) in [6.45, 7) is 1.18. The lowest BCUT2D eigenvalue weighted by molar-refractivity contribution is 0.243. The van der Waals surface area contributed by atoms with Crippen LogP contribution in [0.3, 0.4) is 0 Å². The van der Waals surface area contributed by atoms with Gasteiger partial charge in [-0.3, -0.25) is 0 Å². The van der Waals surface area contributed by atoms with E-state index in [9.17, 15) is 0 Å². The number of nitrogens with zero attached hydrogens (tertiary/aromatic N) is 1. The molecule has 1 aliphatic carbocycles. The van der Waals surface area contributed by atoms with Crippen molar-refractivity contribution in [2.75, 3.05) is 20.6 Å². The topological polar surface area (TPSA) is 3.24 Å². The van der Waals surface area contributed by atoms with Crippen molar-refractivity contribution in [2.24, 2.45) is 0 Å². The van der Waals surface area contributed by atoms with Gasteiger partial charge in [0.2, 0.25) is 0 Å². The van der Waals surface area contributed by atoms with Crippen LogP contribution < -0.4 is 0 Å². The SMILES string of the molecule is CN(C)CCC1(c2cccc3ccccc23)CCCCC1. The highest BCUT2D eigenvalue weighted by Gasteiger charge is 2.34. The number of fused-ring (bicyclic) bond motifs is 1. The molecule has 3 rings (SSSR count). The van der Waals surface area contributed by atoms with Crippen molar-refractivity contribution in [1.29, 1.82) is 0 Å². The molecule has 2 aromatic rings. The Kier molecular flexibility index (Phi) is 4.30. The number of rotatable bonds is 4. The van der Waals surface area contributed by atoms with Gasteiger partial charge in [-0.05, 0) is 61.7 Å². The van der Waals surface area contributed by atoms with Crippen LogP contribution in [0.1, 0.15) is 44.1 Å². The monoisotopic (exact) mass is 281 g/mol. The van der Waals surface area contributed by atoms with Gasteiger partial charge in [-0.15, -0.1) is 0 Å². The molecule has 0 radical (unpaired) electrons.